The molecule has 1 N–H and O–H groups in total. The van der Waals surface area contributed by atoms with Crippen LogP contribution >= 0.6 is 0 Å². The molecule has 3 aromatic rings. The van der Waals surface area contributed by atoms with Gasteiger partial charge in [-0.25, -0.2) is 0 Å². The van der Waals surface area contributed by atoms with E-state index in [2.05, 4.69) is 44.2 Å². The van der Waals surface area contributed by atoms with Crippen LogP contribution in [0.4, 0.5) is 0 Å². The molecule has 3 rings (SSSR count). The summed E-state index contributed by atoms with van der Waals surface area (Å²) in [7, 11) is 0. The molecule has 3 nitrogen and oxygen atoms in total. The van der Waals surface area contributed by atoms with Gasteiger partial charge in [0.15, 0.2) is 5.78 Å². The predicted octanol–water partition coefficient (Wildman–Crippen LogP) is 5.35. The summed E-state index contributed by atoms with van der Waals surface area (Å²) in [6, 6.07) is 19.8. The molecule has 26 heavy (non-hydrogen) atoms. The first-order valence-corrected chi connectivity index (χ1v) is 8.10. The van der Waals surface area contributed by atoms with Crippen molar-refractivity contribution in [2.75, 3.05) is 0 Å². The first-order valence-electron chi connectivity index (χ1n) is 8.10. The second kappa shape index (κ2) is 10.0. The molecule has 0 amide bonds. The number of hydrogen-bond acceptors (Lipinski definition) is 3. The second-order valence-electron chi connectivity index (χ2n) is 6.02. The number of carbonyl (C=O) groups excluding carboxylic acids is 1. The fourth-order valence-electron chi connectivity index (χ4n) is 2.51. The molecule has 0 fully saturated rings. The summed E-state index contributed by atoms with van der Waals surface area (Å²) >= 11 is 0. The van der Waals surface area contributed by atoms with Crippen LogP contribution in [0.1, 0.15) is 25.0 Å². The molecule has 0 spiro atoms. The SMILES string of the molecule is CC(=O)C=C(C)O.Cc1cc[c-]c(-c2nc3ccccc3cc2C)c1.[Ir]. The quantitative estimate of drug-likeness (QED) is 0.279. The Hall–Kier alpha value is -2.29. The minimum Gasteiger partial charge on any atom is -0.512 e. The van der Waals surface area contributed by atoms with Crippen molar-refractivity contribution in [1.82, 2.24) is 4.98 Å². The first-order chi connectivity index (χ1) is 11.9. The van der Waals surface area contributed by atoms with Crippen LogP contribution in [0, 0.1) is 19.9 Å². The van der Waals surface area contributed by atoms with Gasteiger partial charge in [-0.2, -0.15) is 0 Å². The Morgan fingerprint density at radius 1 is 1.12 bits per heavy atom. The van der Waals surface area contributed by atoms with E-state index in [-0.39, 0.29) is 31.6 Å². The molecular formula is C22H22IrNO2-. The van der Waals surface area contributed by atoms with Crippen molar-refractivity contribution in [3.8, 4) is 11.3 Å². The van der Waals surface area contributed by atoms with E-state index < -0.39 is 0 Å². The number of ketones is 1. The fourth-order valence-corrected chi connectivity index (χ4v) is 2.51. The molecule has 0 bridgehead atoms. The molecule has 0 unspecified atom stereocenters. The molecule has 0 saturated heterocycles. The maximum Gasteiger partial charge on any atom is 0.155 e. The van der Waals surface area contributed by atoms with Crippen LogP contribution in [-0.4, -0.2) is 15.9 Å². The molecule has 1 heterocycles. The van der Waals surface area contributed by atoms with Crippen LogP contribution in [0.15, 0.2) is 60.4 Å². The number of fused-ring (bicyclic) bond motifs is 1. The van der Waals surface area contributed by atoms with E-state index in [9.17, 15) is 4.79 Å². The number of hydrogen-bond donors (Lipinski definition) is 1. The molecule has 0 aliphatic heterocycles. The summed E-state index contributed by atoms with van der Waals surface area (Å²) in [6.07, 6.45) is 1.17. The van der Waals surface area contributed by atoms with Crippen molar-refractivity contribution in [2.24, 2.45) is 0 Å². The smallest absolute Gasteiger partial charge is 0.155 e. The van der Waals surface area contributed by atoms with Crippen LogP contribution in [-0.2, 0) is 24.9 Å². The number of aromatic nitrogens is 1. The van der Waals surface area contributed by atoms with Crippen molar-refractivity contribution in [1.29, 1.82) is 0 Å². The summed E-state index contributed by atoms with van der Waals surface area (Å²) in [6.45, 7) is 7.04. The van der Waals surface area contributed by atoms with E-state index in [0.717, 1.165) is 16.8 Å². The summed E-state index contributed by atoms with van der Waals surface area (Å²) in [5.74, 6) is -0.0625. The minimum absolute atomic E-state index is 0. The zero-order chi connectivity index (χ0) is 18.4. The van der Waals surface area contributed by atoms with Gasteiger partial charge >= 0.3 is 0 Å². The van der Waals surface area contributed by atoms with Gasteiger partial charge in [-0.3, -0.25) is 9.78 Å². The van der Waals surface area contributed by atoms with Gasteiger partial charge in [0.2, 0.25) is 0 Å². The van der Waals surface area contributed by atoms with E-state index in [1.165, 1.54) is 36.4 Å². The van der Waals surface area contributed by atoms with Gasteiger partial charge in [0.25, 0.3) is 0 Å². The van der Waals surface area contributed by atoms with Gasteiger partial charge in [-0.05, 0) is 37.9 Å². The summed E-state index contributed by atoms with van der Waals surface area (Å²) in [5.41, 5.74) is 5.55. The molecule has 0 aliphatic carbocycles. The van der Waals surface area contributed by atoms with Crippen LogP contribution < -0.4 is 0 Å². The van der Waals surface area contributed by atoms with Crippen LogP contribution in [0.5, 0.6) is 0 Å². The van der Waals surface area contributed by atoms with Crippen molar-refractivity contribution >= 4 is 16.7 Å². The average molecular weight is 525 g/mol. The van der Waals surface area contributed by atoms with Crippen LogP contribution in [0.2, 0.25) is 0 Å². The Balaban J connectivity index is 0.000000366. The number of aliphatic hydroxyl groups excluding tert-OH is 1. The standard InChI is InChI=1S/C17H14N.C5H8O2.Ir/c1-12-6-5-8-15(10-12)17-13(2)11-14-7-3-4-9-16(14)18-17;1-4(6)3-5(2)7;/h3-7,9-11H,1-2H3;3,6H,1-2H3;/q-1;;. The molecule has 2 aromatic carbocycles. The number of para-hydroxylation sites is 1. The molecule has 1 aromatic heterocycles. The second-order valence-corrected chi connectivity index (χ2v) is 6.02. The maximum atomic E-state index is 10.0. The third-order valence-corrected chi connectivity index (χ3v) is 3.54. The van der Waals surface area contributed by atoms with Crippen LogP contribution in [0.3, 0.4) is 0 Å². The number of aryl methyl sites for hydroxylation is 2. The molecule has 4 heteroatoms. The zero-order valence-electron chi connectivity index (χ0n) is 15.3. The van der Waals surface area contributed by atoms with Crippen molar-refractivity contribution in [3.05, 3.63) is 77.6 Å². The largest absolute Gasteiger partial charge is 0.512 e. The minimum atomic E-state index is -0.125. The van der Waals surface area contributed by atoms with Gasteiger partial charge in [-0.1, -0.05) is 36.8 Å². The summed E-state index contributed by atoms with van der Waals surface area (Å²) < 4.78 is 0. The van der Waals surface area contributed by atoms with E-state index >= 15 is 0 Å². The summed E-state index contributed by atoms with van der Waals surface area (Å²) in [5, 5.41) is 9.55. The maximum absolute atomic E-state index is 10.0. The van der Waals surface area contributed by atoms with Gasteiger partial charge in [0.05, 0.1) is 11.3 Å². The summed E-state index contributed by atoms with van der Waals surface area (Å²) in [4.78, 5) is 14.8. The average Bonchev–Trinajstić information content (AvgIpc) is 2.53. The monoisotopic (exact) mass is 525 g/mol. The van der Waals surface area contributed by atoms with E-state index in [0.29, 0.717) is 0 Å². The van der Waals surface area contributed by atoms with Gasteiger partial charge in [0, 0.05) is 26.2 Å². The number of nitrogens with zero attached hydrogens (tertiary/aromatic N) is 1. The van der Waals surface area contributed by atoms with Gasteiger partial charge < -0.3 is 5.11 Å². The molecule has 1 radical (unpaired) electrons. The van der Waals surface area contributed by atoms with Crippen LogP contribution in [0.25, 0.3) is 22.2 Å². The van der Waals surface area contributed by atoms with Crippen molar-refractivity contribution in [3.63, 3.8) is 0 Å². The molecule has 0 atom stereocenters. The van der Waals surface area contributed by atoms with Gasteiger partial charge in [-0.15, -0.1) is 35.4 Å². The Labute approximate surface area is 168 Å². The van der Waals surface area contributed by atoms with E-state index in [1.807, 2.05) is 24.3 Å². The number of allylic oxidation sites excluding steroid dienone is 2. The zero-order valence-corrected chi connectivity index (χ0v) is 17.7. The number of rotatable bonds is 2. The van der Waals surface area contributed by atoms with E-state index in [1.54, 1.807) is 0 Å². The Morgan fingerprint density at radius 2 is 1.81 bits per heavy atom. The third-order valence-electron chi connectivity index (χ3n) is 3.54. The molecule has 0 saturated carbocycles. The Bertz CT molecular complexity index is 928. The Kier molecular flexibility index (Phi) is 8.37. The number of carbonyl (C=O) groups is 1. The van der Waals surface area contributed by atoms with Crippen molar-refractivity contribution < 1.29 is 30.0 Å². The first kappa shape index (κ1) is 21.8. The topological polar surface area (TPSA) is 50.2 Å². The third kappa shape index (κ3) is 6.21. The molecular weight excluding hydrogens is 502 g/mol. The van der Waals surface area contributed by atoms with Crippen molar-refractivity contribution in [2.45, 2.75) is 27.7 Å². The molecule has 137 valence electrons. The number of aliphatic hydroxyl groups is 1. The normalized spacial score (nSPS) is 10.5. The predicted molar refractivity (Wildman–Crippen MR) is 103 cm³/mol. The van der Waals surface area contributed by atoms with E-state index in [4.69, 9.17) is 10.1 Å². The number of pyridine rings is 1. The number of benzene rings is 2. The fraction of sp³-hybridized carbons (Fsp3) is 0.182. The molecule has 0 aliphatic rings. The van der Waals surface area contributed by atoms with Gasteiger partial charge in [0.1, 0.15) is 0 Å². The Morgan fingerprint density at radius 3 is 2.38 bits per heavy atom.